The molecule has 3 aromatic heterocycles. The Balaban J connectivity index is 1.87. The van der Waals surface area contributed by atoms with Crippen molar-refractivity contribution in [3.8, 4) is 22.2 Å². The predicted molar refractivity (Wildman–Crippen MR) is 84.3 cm³/mol. The number of benzene rings is 1. The fourth-order valence-electron chi connectivity index (χ4n) is 2.04. The van der Waals surface area contributed by atoms with E-state index in [2.05, 4.69) is 20.5 Å². The van der Waals surface area contributed by atoms with Gasteiger partial charge in [0.05, 0.1) is 5.69 Å². The van der Waals surface area contributed by atoms with Gasteiger partial charge in [-0.15, -0.1) is 15.3 Å². The summed E-state index contributed by atoms with van der Waals surface area (Å²) in [5.74, 6) is 1.17. The summed E-state index contributed by atoms with van der Waals surface area (Å²) in [4.78, 5) is 0.648. The minimum absolute atomic E-state index is 0.528. The molecular formula is C13H7Cl2N5OS. The highest BCUT2D eigenvalue weighted by Gasteiger charge is 2.17. The number of hydrogen-bond donors (Lipinski definition) is 0. The summed E-state index contributed by atoms with van der Waals surface area (Å²) in [6.07, 6.45) is 0. The molecule has 0 atom stereocenters. The van der Waals surface area contributed by atoms with Gasteiger partial charge in [0.1, 0.15) is 0 Å². The van der Waals surface area contributed by atoms with Crippen LogP contribution >= 0.6 is 34.5 Å². The molecule has 0 aliphatic rings. The van der Waals surface area contributed by atoms with Gasteiger partial charge in [-0.3, -0.25) is 0 Å². The number of nitrogens with zero attached hydrogens (tertiary/aromatic N) is 5. The molecule has 22 heavy (non-hydrogen) atoms. The molecule has 0 N–H and O–H groups in total. The van der Waals surface area contributed by atoms with E-state index < -0.39 is 0 Å². The number of rotatable bonds is 2. The van der Waals surface area contributed by atoms with Crippen LogP contribution in [-0.4, -0.2) is 25.0 Å². The van der Waals surface area contributed by atoms with Crippen LogP contribution in [0.25, 0.3) is 27.1 Å². The lowest BCUT2D eigenvalue weighted by molar-refractivity contribution is 0.426. The molecule has 6 nitrogen and oxygen atoms in total. The third-order valence-corrected chi connectivity index (χ3v) is 4.30. The molecule has 4 rings (SSSR count). The third kappa shape index (κ3) is 2.27. The molecule has 1 aromatic carbocycles. The lowest BCUT2D eigenvalue weighted by atomic mass is 10.2. The summed E-state index contributed by atoms with van der Waals surface area (Å²) in [6, 6.07) is 7.01. The second-order valence-corrected chi connectivity index (χ2v) is 6.44. The maximum absolute atomic E-state index is 6.04. The molecule has 0 spiro atoms. The number of halogens is 2. The first-order valence-electron chi connectivity index (χ1n) is 6.22. The molecule has 0 radical (unpaired) electrons. The molecule has 110 valence electrons. The summed E-state index contributed by atoms with van der Waals surface area (Å²) < 4.78 is 6.87. The Hall–Kier alpha value is -1.96. The zero-order chi connectivity index (χ0) is 15.3. The van der Waals surface area contributed by atoms with E-state index in [-0.39, 0.29) is 0 Å². The quantitative estimate of drug-likeness (QED) is 0.543. The molecule has 9 heteroatoms. The Morgan fingerprint density at radius 3 is 2.55 bits per heavy atom. The van der Waals surface area contributed by atoms with Crippen LogP contribution in [0.4, 0.5) is 0 Å². The summed E-state index contributed by atoms with van der Waals surface area (Å²) in [5, 5.41) is 18.4. The Bertz CT molecular complexity index is 969. The van der Waals surface area contributed by atoms with E-state index in [4.69, 9.17) is 27.7 Å². The molecule has 0 aliphatic carbocycles. The van der Waals surface area contributed by atoms with Crippen molar-refractivity contribution >= 4 is 39.5 Å². The zero-order valence-corrected chi connectivity index (χ0v) is 13.4. The summed E-state index contributed by atoms with van der Waals surface area (Å²) in [5.41, 5.74) is 1.54. The second kappa shape index (κ2) is 5.05. The zero-order valence-electron chi connectivity index (χ0n) is 11.1. The third-order valence-electron chi connectivity index (χ3n) is 2.95. The monoisotopic (exact) mass is 351 g/mol. The average Bonchev–Trinajstić information content (AvgIpc) is 3.11. The molecular weight excluding hydrogens is 345 g/mol. The van der Waals surface area contributed by atoms with Crippen molar-refractivity contribution in [2.45, 2.75) is 6.92 Å². The van der Waals surface area contributed by atoms with E-state index in [1.165, 1.54) is 11.3 Å². The fraction of sp³-hybridized carbons (Fsp3) is 0.0769. The maximum Gasteiger partial charge on any atom is 0.235 e. The van der Waals surface area contributed by atoms with Crippen LogP contribution in [0.15, 0.2) is 28.8 Å². The van der Waals surface area contributed by atoms with E-state index in [1.54, 1.807) is 22.7 Å². The first kappa shape index (κ1) is 13.7. The summed E-state index contributed by atoms with van der Waals surface area (Å²) in [7, 11) is 0. The van der Waals surface area contributed by atoms with Gasteiger partial charge in [-0.25, -0.2) is 0 Å². The molecule has 0 unspecified atom stereocenters. The van der Waals surface area contributed by atoms with Crippen molar-refractivity contribution in [3.05, 3.63) is 40.0 Å². The molecule has 3 heterocycles. The Kier molecular flexibility index (Phi) is 3.14. The summed E-state index contributed by atoms with van der Waals surface area (Å²) in [6.45, 7) is 1.85. The lowest BCUT2D eigenvalue weighted by Gasteiger charge is -1.99. The maximum atomic E-state index is 6.04. The van der Waals surface area contributed by atoms with Crippen LogP contribution in [-0.2, 0) is 0 Å². The summed E-state index contributed by atoms with van der Waals surface area (Å²) >= 11 is 13.4. The van der Waals surface area contributed by atoms with Crippen molar-refractivity contribution in [1.29, 1.82) is 0 Å². The molecule has 0 fully saturated rings. The molecule has 0 amide bonds. The smallest absolute Gasteiger partial charge is 0.235 e. The SMILES string of the molecule is Cc1cc(-c2nn3c(-c4cc(Cl)cc(Cl)c4)nnc3s2)on1. The molecule has 0 saturated heterocycles. The van der Waals surface area contributed by atoms with E-state index in [9.17, 15) is 0 Å². The van der Waals surface area contributed by atoms with Crippen molar-refractivity contribution in [2.24, 2.45) is 0 Å². The second-order valence-electron chi connectivity index (χ2n) is 4.62. The van der Waals surface area contributed by atoms with E-state index in [1.807, 2.05) is 13.0 Å². The standard InChI is InChI=1S/C13H7Cl2N5OS/c1-6-2-10(21-19-6)12-18-20-11(16-17-13(20)22-12)7-3-8(14)5-9(15)4-7/h2-5H,1H3. The van der Waals surface area contributed by atoms with Crippen molar-refractivity contribution in [3.63, 3.8) is 0 Å². The highest BCUT2D eigenvalue weighted by atomic mass is 35.5. The topological polar surface area (TPSA) is 69.1 Å². The average molecular weight is 352 g/mol. The van der Waals surface area contributed by atoms with Crippen LogP contribution in [0.1, 0.15) is 5.69 Å². The molecule has 0 bridgehead atoms. The largest absolute Gasteiger partial charge is 0.353 e. The van der Waals surface area contributed by atoms with E-state index in [0.29, 0.717) is 31.6 Å². The highest BCUT2D eigenvalue weighted by Crippen LogP contribution is 2.30. The Labute approximate surface area is 138 Å². The van der Waals surface area contributed by atoms with Gasteiger partial charge in [0.25, 0.3) is 0 Å². The van der Waals surface area contributed by atoms with Gasteiger partial charge in [0.2, 0.25) is 4.96 Å². The van der Waals surface area contributed by atoms with Gasteiger partial charge in [0.15, 0.2) is 16.6 Å². The van der Waals surface area contributed by atoms with Gasteiger partial charge < -0.3 is 4.52 Å². The minimum Gasteiger partial charge on any atom is -0.353 e. The van der Waals surface area contributed by atoms with Gasteiger partial charge in [-0.05, 0) is 25.1 Å². The Morgan fingerprint density at radius 2 is 1.86 bits per heavy atom. The van der Waals surface area contributed by atoms with Crippen molar-refractivity contribution in [2.75, 3.05) is 0 Å². The van der Waals surface area contributed by atoms with Crippen LogP contribution in [0.5, 0.6) is 0 Å². The van der Waals surface area contributed by atoms with Gasteiger partial charge in [-0.1, -0.05) is 39.7 Å². The normalized spacial score (nSPS) is 11.4. The van der Waals surface area contributed by atoms with Crippen molar-refractivity contribution < 1.29 is 4.52 Å². The molecule has 0 saturated carbocycles. The van der Waals surface area contributed by atoms with Crippen molar-refractivity contribution in [1.82, 2.24) is 25.0 Å². The first-order valence-corrected chi connectivity index (χ1v) is 7.80. The Morgan fingerprint density at radius 1 is 1.09 bits per heavy atom. The van der Waals surface area contributed by atoms with Crippen LogP contribution in [0.3, 0.4) is 0 Å². The minimum atomic E-state index is 0.528. The molecule has 4 aromatic rings. The van der Waals surface area contributed by atoms with E-state index >= 15 is 0 Å². The van der Waals surface area contributed by atoms with Crippen LogP contribution in [0.2, 0.25) is 10.0 Å². The van der Waals surface area contributed by atoms with Gasteiger partial charge >= 0.3 is 0 Å². The highest BCUT2D eigenvalue weighted by molar-refractivity contribution is 7.19. The predicted octanol–water partition coefficient (Wildman–Crippen LogP) is 4.12. The lowest BCUT2D eigenvalue weighted by Crippen LogP contribution is -1.91. The van der Waals surface area contributed by atoms with Gasteiger partial charge in [-0.2, -0.15) is 4.52 Å². The fourth-order valence-corrected chi connectivity index (χ4v) is 3.36. The number of fused-ring (bicyclic) bond motifs is 1. The number of aryl methyl sites for hydroxylation is 1. The van der Waals surface area contributed by atoms with Crippen LogP contribution in [0, 0.1) is 6.92 Å². The van der Waals surface area contributed by atoms with Crippen LogP contribution < -0.4 is 0 Å². The number of hydrogen-bond acceptors (Lipinski definition) is 6. The first-order chi connectivity index (χ1) is 10.6. The van der Waals surface area contributed by atoms with Gasteiger partial charge in [0, 0.05) is 21.7 Å². The van der Waals surface area contributed by atoms with E-state index in [0.717, 1.165) is 11.3 Å². The molecule has 0 aliphatic heterocycles. The number of aromatic nitrogens is 5.